The highest BCUT2D eigenvalue weighted by Gasteiger charge is 2.12. The van der Waals surface area contributed by atoms with E-state index in [2.05, 4.69) is 15.6 Å². The van der Waals surface area contributed by atoms with Crippen LogP contribution in [0.2, 0.25) is 0 Å². The molecule has 0 aliphatic carbocycles. The van der Waals surface area contributed by atoms with Crippen molar-refractivity contribution >= 4 is 5.69 Å². The van der Waals surface area contributed by atoms with Gasteiger partial charge in [-0.1, -0.05) is 11.3 Å². The quantitative estimate of drug-likeness (QED) is 0.648. The van der Waals surface area contributed by atoms with Gasteiger partial charge in [-0.2, -0.15) is 0 Å². The summed E-state index contributed by atoms with van der Waals surface area (Å²) in [5.41, 5.74) is 2.11. The molecule has 0 amide bonds. The fraction of sp³-hybridized carbons (Fsp3) is 0.273. The predicted molar refractivity (Wildman–Crippen MR) is 65.5 cm³/mol. The fourth-order valence-electron chi connectivity index (χ4n) is 1.62. The number of nitro benzene ring substituents is 1. The highest BCUT2D eigenvalue weighted by atomic mass is 16.6. The van der Waals surface area contributed by atoms with Crippen molar-refractivity contribution < 1.29 is 4.92 Å². The summed E-state index contributed by atoms with van der Waals surface area (Å²) in [4.78, 5) is 10.5. The minimum absolute atomic E-state index is 0.0816. The molecule has 0 saturated heterocycles. The second-order valence-corrected chi connectivity index (χ2v) is 3.91. The second-order valence-electron chi connectivity index (χ2n) is 3.91. The van der Waals surface area contributed by atoms with Gasteiger partial charge in [0.1, 0.15) is 0 Å². The zero-order valence-electron chi connectivity index (χ0n) is 10.1. The van der Waals surface area contributed by atoms with E-state index in [1.165, 1.54) is 10.7 Å². The summed E-state index contributed by atoms with van der Waals surface area (Å²) in [6.07, 6.45) is 1.74. The van der Waals surface area contributed by atoms with Crippen LogP contribution in [0.1, 0.15) is 11.3 Å². The maximum atomic E-state index is 10.9. The molecule has 0 aliphatic rings. The first-order valence-electron chi connectivity index (χ1n) is 5.43. The SMILES string of the molecule is CNCc1cn(-c2ccc(C)c([N+](=O)[O-])c2)nn1. The Labute approximate surface area is 104 Å². The Bertz CT molecular complexity index is 579. The summed E-state index contributed by atoms with van der Waals surface area (Å²) in [5.74, 6) is 0. The van der Waals surface area contributed by atoms with Crippen LogP contribution >= 0.6 is 0 Å². The van der Waals surface area contributed by atoms with Gasteiger partial charge >= 0.3 is 0 Å². The summed E-state index contributed by atoms with van der Waals surface area (Å²) in [5, 5.41) is 21.7. The topological polar surface area (TPSA) is 85.9 Å². The number of nitro groups is 1. The number of nitrogens with one attached hydrogen (secondary N) is 1. The Morgan fingerprint density at radius 3 is 2.94 bits per heavy atom. The lowest BCUT2D eigenvalue weighted by Gasteiger charge is -2.01. The number of aromatic nitrogens is 3. The molecule has 0 fully saturated rings. The van der Waals surface area contributed by atoms with E-state index in [0.717, 1.165) is 5.69 Å². The third-order valence-corrected chi connectivity index (χ3v) is 2.55. The Balaban J connectivity index is 2.38. The van der Waals surface area contributed by atoms with E-state index in [0.29, 0.717) is 17.8 Å². The molecule has 0 spiro atoms. The van der Waals surface area contributed by atoms with Crippen LogP contribution in [0.25, 0.3) is 5.69 Å². The van der Waals surface area contributed by atoms with Crippen molar-refractivity contribution in [2.75, 3.05) is 7.05 Å². The van der Waals surface area contributed by atoms with E-state index in [-0.39, 0.29) is 5.69 Å². The number of benzene rings is 1. The van der Waals surface area contributed by atoms with Crippen LogP contribution < -0.4 is 5.32 Å². The van der Waals surface area contributed by atoms with Crippen LogP contribution in [0.5, 0.6) is 0 Å². The molecule has 2 aromatic rings. The van der Waals surface area contributed by atoms with Crippen molar-refractivity contribution in [3.63, 3.8) is 0 Å². The highest BCUT2D eigenvalue weighted by molar-refractivity contribution is 5.48. The number of hydrogen-bond acceptors (Lipinski definition) is 5. The standard InChI is InChI=1S/C11H13N5O2/c1-8-3-4-10(5-11(8)16(17)18)15-7-9(6-12-2)13-14-15/h3-5,7,12H,6H2,1-2H3. The van der Waals surface area contributed by atoms with Crippen LogP contribution in [0.15, 0.2) is 24.4 Å². The van der Waals surface area contributed by atoms with E-state index in [1.54, 1.807) is 25.3 Å². The normalized spacial score (nSPS) is 10.6. The monoisotopic (exact) mass is 247 g/mol. The molecule has 7 nitrogen and oxygen atoms in total. The molecule has 7 heteroatoms. The molecule has 1 aromatic carbocycles. The summed E-state index contributed by atoms with van der Waals surface area (Å²) < 4.78 is 1.53. The van der Waals surface area contributed by atoms with Crippen LogP contribution in [0.4, 0.5) is 5.69 Å². The van der Waals surface area contributed by atoms with Crippen molar-refractivity contribution in [3.05, 3.63) is 45.8 Å². The molecule has 0 radical (unpaired) electrons. The van der Waals surface area contributed by atoms with Gasteiger partial charge in [-0.25, -0.2) is 4.68 Å². The summed E-state index contributed by atoms with van der Waals surface area (Å²) in [6.45, 7) is 2.31. The molecule has 1 heterocycles. The first-order valence-corrected chi connectivity index (χ1v) is 5.43. The molecule has 0 saturated carbocycles. The van der Waals surface area contributed by atoms with Gasteiger partial charge < -0.3 is 5.32 Å². The van der Waals surface area contributed by atoms with E-state index in [9.17, 15) is 10.1 Å². The zero-order chi connectivity index (χ0) is 13.1. The van der Waals surface area contributed by atoms with Crippen molar-refractivity contribution in [2.45, 2.75) is 13.5 Å². The third kappa shape index (κ3) is 2.35. The summed E-state index contributed by atoms with van der Waals surface area (Å²) in [6, 6.07) is 4.97. The lowest BCUT2D eigenvalue weighted by molar-refractivity contribution is -0.385. The third-order valence-electron chi connectivity index (χ3n) is 2.55. The summed E-state index contributed by atoms with van der Waals surface area (Å²) in [7, 11) is 1.82. The van der Waals surface area contributed by atoms with Gasteiger partial charge in [-0.3, -0.25) is 10.1 Å². The average molecular weight is 247 g/mol. The zero-order valence-corrected chi connectivity index (χ0v) is 10.1. The van der Waals surface area contributed by atoms with E-state index in [1.807, 2.05) is 7.05 Å². The molecule has 0 bridgehead atoms. The van der Waals surface area contributed by atoms with Crippen molar-refractivity contribution in [1.82, 2.24) is 20.3 Å². The fourth-order valence-corrected chi connectivity index (χ4v) is 1.62. The smallest absolute Gasteiger partial charge is 0.274 e. The van der Waals surface area contributed by atoms with Gasteiger partial charge in [-0.15, -0.1) is 5.10 Å². The first-order chi connectivity index (χ1) is 8.61. The number of rotatable bonds is 4. The van der Waals surface area contributed by atoms with Crippen molar-refractivity contribution in [3.8, 4) is 5.69 Å². The molecule has 1 N–H and O–H groups in total. The number of nitrogens with zero attached hydrogens (tertiary/aromatic N) is 4. The minimum Gasteiger partial charge on any atom is -0.314 e. The van der Waals surface area contributed by atoms with Gasteiger partial charge in [0.15, 0.2) is 0 Å². The van der Waals surface area contributed by atoms with Crippen LogP contribution in [-0.4, -0.2) is 27.0 Å². The van der Waals surface area contributed by atoms with Gasteiger partial charge in [0, 0.05) is 18.2 Å². The lowest BCUT2D eigenvalue weighted by Crippen LogP contribution is -2.05. The molecule has 94 valence electrons. The van der Waals surface area contributed by atoms with Gasteiger partial charge in [0.05, 0.1) is 22.5 Å². The van der Waals surface area contributed by atoms with E-state index >= 15 is 0 Å². The van der Waals surface area contributed by atoms with Crippen molar-refractivity contribution in [2.24, 2.45) is 0 Å². The minimum atomic E-state index is -0.399. The van der Waals surface area contributed by atoms with E-state index in [4.69, 9.17) is 0 Å². The maximum absolute atomic E-state index is 10.9. The molecular formula is C11H13N5O2. The number of aryl methyl sites for hydroxylation is 1. The molecule has 0 unspecified atom stereocenters. The molecule has 2 rings (SSSR count). The van der Waals surface area contributed by atoms with Gasteiger partial charge in [-0.05, 0) is 20.0 Å². The predicted octanol–water partition coefficient (Wildman–Crippen LogP) is 1.20. The highest BCUT2D eigenvalue weighted by Crippen LogP contribution is 2.21. The Hall–Kier alpha value is -2.28. The average Bonchev–Trinajstić information content (AvgIpc) is 2.78. The molecular weight excluding hydrogens is 234 g/mol. The maximum Gasteiger partial charge on any atom is 0.274 e. The lowest BCUT2D eigenvalue weighted by atomic mass is 10.2. The largest absolute Gasteiger partial charge is 0.314 e. The van der Waals surface area contributed by atoms with Gasteiger partial charge in [0.2, 0.25) is 0 Å². The Morgan fingerprint density at radius 2 is 2.28 bits per heavy atom. The molecule has 18 heavy (non-hydrogen) atoms. The second kappa shape index (κ2) is 4.92. The first kappa shape index (κ1) is 12.2. The van der Waals surface area contributed by atoms with Crippen LogP contribution in [0.3, 0.4) is 0 Å². The molecule has 0 atom stereocenters. The Morgan fingerprint density at radius 1 is 1.50 bits per heavy atom. The molecule has 1 aromatic heterocycles. The number of hydrogen-bond donors (Lipinski definition) is 1. The van der Waals surface area contributed by atoms with Gasteiger partial charge in [0.25, 0.3) is 5.69 Å². The Kier molecular flexibility index (Phi) is 3.33. The van der Waals surface area contributed by atoms with E-state index < -0.39 is 4.92 Å². The summed E-state index contributed by atoms with van der Waals surface area (Å²) >= 11 is 0. The van der Waals surface area contributed by atoms with Crippen LogP contribution in [0, 0.1) is 17.0 Å². The van der Waals surface area contributed by atoms with Crippen LogP contribution in [-0.2, 0) is 6.54 Å². The molecule has 0 aliphatic heterocycles. The van der Waals surface area contributed by atoms with Crippen molar-refractivity contribution in [1.29, 1.82) is 0 Å².